The third-order valence-electron chi connectivity index (χ3n) is 2.49. The summed E-state index contributed by atoms with van der Waals surface area (Å²) >= 11 is 0. The Hall–Kier alpha value is -1.03. The Balaban J connectivity index is 2.50. The van der Waals surface area contributed by atoms with Gasteiger partial charge in [0.1, 0.15) is 11.9 Å². The summed E-state index contributed by atoms with van der Waals surface area (Å²) in [5.74, 6) is 0.144. The number of ether oxygens (including phenoxy) is 2. The topological polar surface area (TPSA) is 55.8 Å². The van der Waals surface area contributed by atoms with Crippen molar-refractivity contribution in [2.24, 2.45) is 0 Å². The van der Waals surface area contributed by atoms with Gasteiger partial charge in [0.05, 0.1) is 19.3 Å². The number of hydrogen-bond donors (Lipinski definition) is 1. The highest BCUT2D eigenvalue weighted by molar-refractivity contribution is 5.83. The third kappa shape index (κ3) is 3.55. The van der Waals surface area contributed by atoms with E-state index in [1.807, 2.05) is 0 Å². The molecule has 0 radical (unpaired) electrons. The van der Waals surface area contributed by atoms with E-state index >= 15 is 0 Å². The normalized spacial score (nSPS) is 23.0. The van der Waals surface area contributed by atoms with E-state index in [1.165, 1.54) is 13.2 Å². The number of unbranched alkanes of at least 4 members (excludes halogenated alkanes) is 1. The van der Waals surface area contributed by atoms with Crippen LogP contribution >= 0.6 is 0 Å². The summed E-state index contributed by atoms with van der Waals surface area (Å²) in [6.07, 6.45) is 3.35. The SMILES string of the molecule is CCCC[C@H](O)[C@@H]1CC(OC)=CC(=O)O1. The number of methoxy groups -OCH3 is 1. The first-order valence-corrected chi connectivity index (χ1v) is 5.30. The van der Waals surface area contributed by atoms with Crippen LogP contribution in [0.2, 0.25) is 0 Å². The Bertz CT molecular complexity index is 247. The molecule has 0 fully saturated rings. The molecule has 0 amide bonds. The van der Waals surface area contributed by atoms with Gasteiger partial charge >= 0.3 is 5.97 Å². The number of carbonyl (C=O) groups is 1. The van der Waals surface area contributed by atoms with E-state index in [0.717, 1.165) is 12.8 Å². The lowest BCUT2D eigenvalue weighted by atomic mass is 10.0. The van der Waals surface area contributed by atoms with Crippen LogP contribution in [-0.4, -0.2) is 30.4 Å². The molecular weight excluding hydrogens is 196 g/mol. The van der Waals surface area contributed by atoms with Crippen LogP contribution in [0.25, 0.3) is 0 Å². The molecule has 0 saturated carbocycles. The maximum absolute atomic E-state index is 11.1. The maximum atomic E-state index is 11.1. The van der Waals surface area contributed by atoms with E-state index in [1.54, 1.807) is 0 Å². The molecule has 0 aromatic rings. The van der Waals surface area contributed by atoms with Crippen LogP contribution < -0.4 is 0 Å². The second-order valence-corrected chi connectivity index (χ2v) is 3.70. The molecule has 1 rings (SSSR count). The number of carbonyl (C=O) groups excluding carboxylic acids is 1. The van der Waals surface area contributed by atoms with E-state index in [-0.39, 0.29) is 0 Å². The van der Waals surface area contributed by atoms with Crippen LogP contribution in [-0.2, 0) is 14.3 Å². The minimum Gasteiger partial charge on any atom is -0.501 e. The quantitative estimate of drug-likeness (QED) is 0.702. The summed E-state index contributed by atoms with van der Waals surface area (Å²) in [6.45, 7) is 2.06. The zero-order valence-electron chi connectivity index (χ0n) is 9.23. The van der Waals surface area contributed by atoms with E-state index in [0.29, 0.717) is 18.6 Å². The molecule has 2 atom stereocenters. The molecule has 0 aromatic carbocycles. The van der Waals surface area contributed by atoms with Crippen LogP contribution in [0.4, 0.5) is 0 Å². The average Bonchev–Trinajstić information content (AvgIpc) is 2.24. The van der Waals surface area contributed by atoms with Crippen LogP contribution in [0.3, 0.4) is 0 Å². The van der Waals surface area contributed by atoms with Crippen LogP contribution in [0.5, 0.6) is 0 Å². The molecule has 0 bridgehead atoms. The third-order valence-corrected chi connectivity index (χ3v) is 2.49. The Morgan fingerprint density at radius 2 is 2.47 bits per heavy atom. The van der Waals surface area contributed by atoms with Crippen LogP contribution in [0.1, 0.15) is 32.6 Å². The predicted octanol–water partition coefficient (Wildman–Crippen LogP) is 1.38. The lowest BCUT2D eigenvalue weighted by Gasteiger charge is -2.26. The van der Waals surface area contributed by atoms with Gasteiger partial charge in [-0.1, -0.05) is 19.8 Å². The summed E-state index contributed by atoms with van der Waals surface area (Å²) in [7, 11) is 1.51. The molecule has 1 N–H and O–H groups in total. The van der Waals surface area contributed by atoms with Gasteiger partial charge in [-0.3, -0.25) is 0 Å². The van der Waals surface area contributed by atoms with Gasteiger partial charge in [0.2, 0.25) is 0 Å². The molecule has 4 nitrogen and oxygen atoms in total. The van der Waals surface area contributed by atoms with Gasteiger partial charge in [-0.05, 0) is 6.42 Å². The van der Waals surface area contributed by atoms with E-state index in [9.17, 15) is 9.90 Å². The summed E-state index contributed by atoms with van der Waals surface area (Å²) in [5.41, 5.74) is 0. The molecule has 0 spiro atoms. The smallest absolute Gasteiger partial charge is 0.334 e. The van der Waals surface area contributed by atoms with Gasteiger partial charge in [0, 0.05) is 6.42 Å². The largest absolute Gasteiger partial charge is 0.501 e. The van der Waals surface area contributed by atoms with Crippen molar-refractivity contribution in [1.29, 1.82) is 0 Å². The first-order chi connectivity index (χ1) is 7.17. The lowest BCUT2D eigenvalue weighted by Crippen LogP contribution is -2.34. The van der Waals surface area contributed by atoms with Crippen LogP contribution in [0, 0.1) is 0 Å². The number of hydrogen-bond acceptors (Lipinski definition) is 4. The fourth-order valence-electron chi connectivity index (χ4n) is 1.57. The van der Waals surface area contributed by atoms with Crippen molar-refractivity contribution in [2.45, 2.75) is 44.8 Å². The summed E-state index contributed by atoms with van der Waals surface area (Å²) < 4.78 is 10.0. The highest BCUT2D eigenvalue weighted by Gasteiger charge is 2.28. The number of aliphatic hydroxyl groups is 1. The van der Waals surface area contributed by atoms with E-state index in [2.05, 4.69) is 6.92 Å². The fraction of sp³-hybridized carbons (Fsp3) is 0.727. The van der Waals surface area contributed by atoms with Gasteiger partial charge in [-0.2, -0.15) is 0 Å². The zero-order chi connectivity index (χ0) is 11.3. The zero-order valence-corrected chi connectivity index (χ0v) is 9.23. The highest BCUT2D eigenvalue weighted by Crippen LogP contribution is 2.21. The molecule has 1 heterocycles. The number of aliphatic hydroxyl groups excluding tert-OH is 1. The number of rotatable bonds is 5. The minimum atomic E-state index is -0.590. The van der Waals surface area contributed by atoms with Gasteiger partial charge in [-0.15, -0.1) is 0 Å². The van der Waals surface area contributed by atoms with Crippen molar-refractivity contribution in [1.82, 2.24) is 0 Å². The van der Waals surface area contributed by atoms with Crippen molar-refractivity contribution in [3.63, 3.8) is 0 Å². The first-order valence-electron chi connectivity index (χ1n) is 5.30. The molecule has 0 saturated heterocycles. The van der Waals surface area contributed by atoms with Gasteiger partial charge in [0.15, 0.2) is 0 Å². The van der Waals surface area contributed by atoms with E-state index in [4.69, 9.17) is 9.47 Å². The van der Waals surface area contributed by atoms with Gasteiger partial charge in [-0.25, -0.2) is 4.79 Å². The predicted molar refractivity (Wildman–Crippen MR) is 55.1 cm³/mol. The molecule has 4 heteroatoms. The molecule has 86 valence electrons. The molecule has 1 aliphatic heterocycles. The summed E-state index contributed by atoms with van der Waals surface area (Å²) in [6, 6.07) is 0. The van der Waals surface area contributed by atoms with Crippen molar-refractivity contribution >= 4 is 5.97 Å². The average molecular weight is 214 g/mol. The van der Waals surface area contributed by atoms with Gasteiger partial charge in [0.25, 0.3) is 0 Å². The maximum Gasteiger partial charge on any atom is 0.334 e. The lowest BCUT2D eigenvalue weighted by molar-refractivity contribution is -0.152. The van der Waals surface area contributed by atoms with Crippen molar-refractivity contribution in [3.8, 4) is 0 Å². The Labute approximate surface area is 89.9 Å². The summed E-state index contributed by atoms with van der Waals surface area (Å²) in [5, 5.41) is 9.78. The molecule has 0 unspecified atom stereocenters. The molecular formula is C11H18O4. The minimum absolute atomic E-state index is 0.432. The molecule has 1 aliphatic rings. The van der Waals surface area contributed by atoms with Crippen LogP contribution in [0.15, 0.2) is 11.8 Å². The highest BCUT2D eigenvalue weighted by atomic mass is 16.6. The van der Waals surface area contributed by atoms with E-state index < -0.39 is 18.2 Å². The Morgan fingerprint density at radius 1 is 1.73 bits per heavy atom. The second kappa shape index (κ2) is 5.75. The number of esters is 1. The Morgan fingerprint density at radius 3 is 3.07 bits per heavy atom. The first kappa shape index (κ1) is 12.0. The number of cyclic esters (lactones) is 1. The van der Waals surface area contributed by atoms with Crippen molar-refractivity contribution in [3.05, 3.63) is 11.8 Å². The Kier molecular flexibility index (Phi) is 4.62. The van der Waals surface area contributed by atoms with Crippen molar-refractivity contribution < 1.29 is 19.4 Å². The molecule has 15 heavy (non-hydrogen) atoms. The monoisotopic (exact) mass is 214 g/mol. The van der Waals surface area contributed by atoms with Gasteiger partial charge < -0.3 is 14.6 Å². The van der Waals surface area contributed by atoms with Crippen molar-refractivity contribution in [2.75, 3.05) is 7.11 Å². The molecule has 0 aliphatic carbocycles. The second-order valence-electron chi connectivity index (χ2n) is 3.70. The fourth-order valence-corrected chi connectivity index (χ4v) is 1.57. The summed E-state index contributed by atoms with van der Waals surface area (Å²) in [4.78, 5) is 11.1. The standard InChI is InChI=1S/C11H18O4/c1-3-4-5-9(12)10-6-8(14-2)7-11(13)15-10/h7,9-10,12H,3-6H2,1-2H3/t9-,10-/m0/s1. The molecule has 0 aromatic heterocycles.